The standard InChI is InChI=1S/C12H19F5O2S/c1-8(2)7-19-10(18)9(3)20-6-4-5-11(13,14)12(15,16)17/h8-9H,4-7H2,1-3H3. The number of hydrogen-bond acceptors (Lipinski definition) is 3. The molecular weight excluding hydrogens is 303 g/mol. The summed E-state index contributed by atoms with van der Waals surface area (Å²) in [7, 11) is 0. The van der Waals surface area contributed by atoms with Crippen LogP contribution in [0.3, 0.4) is 0 Å². The summed E-state index contributed by atoms with van der Waals surface area (Å²) < 4.78 is 65.8. The van der Waals surface area contributed by atoms with Gasteiger partial charge in [0.25, 0.3) is 0 Å². The van der Waals surface area contributed by atoms with Crippen molar-refractivity contribution in [3.63, 3.8) is 0 Å². The maximum atomic E-state index is 12.6. The third-order valence-corrected chi connectivity index (χ3v) is 3.53. The average molecular weight is 322 g/mol. The van der Waals surface area contributed by atoms with Gasteiger partial charge < -0.3 is 4.74 Å². The molecule has 0 aliphatic carbocycles. The van der Waals surface area contributed by atoms with E-state index in [1.807, 2.05) is 13.8 Å². The molecule has 0 aromatic rings. The summed E-state index contributed by atoms with van der Waals surface area (Å²) in [4.78, 5) is 11.4. The highest BCUT2D eigenvalue weighted by molar-refractivity contribution is 8.00. The van der Waals surface area contributed by atoms with Gasteiger partial charge in [0.15, 0.2) is 0 Å². The maximum absolute atomic E-state index is 12.6. The number of carbonyl (C=O) groups is 1. The van der Waals surface area contributed by atoms with Crippen molar-refractivity contribution >= 4 is 17.7 Å². The molecule has 0 aliphatic heterocycles. The first-order valence-corrected chi connectivity index (χ1v) is 7.25. The van der Waals surface area contributed by atoms with Gasteiger partial charge in [-0.15, -0.1) is 11.8 Å². The number of ether oxygens (including phenoxy) is 1. The van der Waals surface area contributed by atoms with E-state index in [0.717, 1.165) is 11.8 Å². The molecule has 0 saturated heterocycles. The number of alkyl halides is 5. The van der Waals surface area contributed by atoms with Crippen molar-refractivity contribution < 1.29 is 31.5 Å². The number of halogens is 5. The zero-order valence-corrected chi connectivity index (χ0v) is 12.4. The Morgan fingerprint density at radius 3 is 2.15 bits per heavy atom. The molecule has 0 bridgehead atoms. The smallest absolute Gasteiger partial charge is 0.453 e. The Morgan fingerprint density at radius 1 is 1.15 bits per heavy atom. The molecule has 0 aromatic heterocycles. The largest absolute Gasteiger partial charge is 0.465 e. The van der Waals surface area contributed by atoms with Gasteiger partial charge >= 0.3 is 18.1 Å². The van der Waals surface area contributed by atoms with Crippen LogP contribution >= 0.6 is 11.8 Å². The zero-order chi connectivity index (χ0) is 16.0. The van der Waals surface area contributed by atoms with Crippen LogP contribution in [0.2, 0.25) is 0 Å². The number of thioether (sulfide) groups is 1. The van der Waals surface area contributed by atoms with Gasteiger partial charge in [-0.25, -0.2) is 0 Å². The minimum Gasteiger partial charge on any atom is -0.465 e. The van der Waals surface area contributed by atoms with E-state index in [2.05, 4.69) is 0 Å². The second-order valence-electron chi connectivity index (χ2n) is 4.84. The molecule has 0 amide bonds. The highest BCUT2D eigenvalue weighted by Gasteiger charge is 2.56. The van der Waals surface area contributed by atoms with Crippen molar-refractivity contribution in [3.05, 3.63) is 0 Å². The molecule has 0 fully saturated rings. The van der Waals surface area contributed by atoms with Crippen LogP contribution in [0.15, 0.2) is 0 Å². The molecule has 20 heavy (non-hydrogen) atoms. The van der Waals surface area contributed by atoms with E-state index in [9.17, 15) is 26.7 Å². The molecule has 0 aromatic carbocycles. The normalized spacial score (nSPS) is 14.4. The third kappa shape index (κ3) is 7.31. The van der Waals surface area contributed by atoms with Crippen molar-refractivity contribution in [2.75, 3.05) is 12.4 Å². The lowest BCUT2D eigenvalue weighted by molar-refractivity contribution is -0.284. The van der Waals surface area contributed by atoms with Crippen molar-refractivity contribution in [1.82, 2.24) is 0 Å². The van der Waals surface area contributed by atoms with E-state index < -0.39 is 29.7 Å². The quantitative estimate of drug-likeness (QED) is 0.379. The second kappa shape index (κ2) is 8.05. The number of esters is 1. The van der Waals surface area contributed by atoms with Crippen LogP contribution in [0.4, 0.5) is 22.0 Å². The molecule has 0 saturated carbocycles. The molecule has 1 atom stereocenters. The first-order valence-electron chi connectivity index (χ1n) is 6.20. The summed E-state index contributed by atoms with van der Waals surface area (Å²) in [5.74, 6) is -4.92. The summed E-state index contributed by atoms with van der Waals surface area (Å²) >= 11 is 1.01. The molecule has 0 aliphatic rings. The number of hydrogen-bond donors (Lipinski definition) is 0. The van der Waals surface area contributed by atoms with Crippen molar-refractivity contribution in [1.29, 1.82) is 0 Å². The first kappa shape index (κ1) is 19.5. The van der Waals surface area contributed by atoms with E-state index in [0.29, 0.717) is 0 Å². The number of rotatable bonds is 8. The van der Waals surface area contributed by atoms with Crippen LogP contribution in [0.5, 0.6) is 0 Å². The molecule has 0 heterocycles. The molecule has 2 nitrogen and oxygen atoms in total. The predicted octanol–water partition coefficient (Wildman–Crippen LogP) is 4.29. The lowest BCUT2D eigenvalue weighted by Crippen LogP contribution is -2.36. The van der Waals surface area contributed by atoms with Crippen LogP contribution in [-0.2, 0) is 9.53 Å². The Balaban J connectivity index is 3.93. The van der Waals surface area contributed by atoms with Crippen LogP contribution in [0.25, 0.3) is 0 Å². The Hall–Kier alpha value is -0.530. The Morgan fingerprint density at radius 2 is 1.70 bits per heavy atom. The van der Waals surface area contributed by atoms with Crippen LogP contribution in [-0.4, -0.2) is 35.7 Å². The van der Waals surface area contributed by atoms with Crippen molar-refractivity contribution in [2.24, 2.45) is 5.92 Å². The lowest BCUT2D eigenvalue weighted by Gasteiger charge is -2.19. The summed E-state index contributed by atoms with van der Waals surface area (Å²) in [6.45, 7) is 5.53. The minimum atomic E-state index is -5.51. The minimum absolute atomic E-state index is 0.0453. The van der Waals surface area contributed by atoms with Gasteiger partial charge in [-0.2, -0.15) is 22.0 Å². The van der Waals surface area contributed by atoms with Gasteiger partial charge in [0.05, 0.1) is 11.9 Å². The molecule has 0 rings (SSSR count). The molecule has 0 N–H and O–H groups in total. The average Bonchev–Trinajstić information content (AvgIpc) is 2.29. The van der Waals surface area contributed by atoms with E-state index in [4.69, 9.17) is 4.74 Å². The highest BCUT2D eigenvalue weighted by atomic mass is 32.2. The summed E-state index contributed by atoms with van der Waals surface area (Å²) in [6.07, 6.45) is -7.10. The molecular formula is C12H19F5O2S. The van der Waals surface area contributed by atoms with E-state index >= 15 is 0 Å². The maximum Gasteiger partial charge on any atom is 0.453 e. The van der Waals surface area contributed by atoms with Crippen molar-refractivity contribution in [3.8, 4) is 0 Å². The van der Waals surface area contributed by atoms with Crippen LogP contribution in [0, 0.1) is 5.92 Å². The first-order chi connectivity index (χ1) is 8.97. The van der Waals surface area contributed by atoms with E-state index in [1.165, 1.54) is 6.92 Å². The fraction of sp³-hybridized carbons (Fsp3) is 0.917. The second-order valence-corrected chi connectivity index (χ2v) is 6.29. The molecule has 120 valence electrons. The SMILES string of the molecule is CC(C)COC(=O)C(C)SCCCC(F)(F)C(F)(F)F. The lowest BCUT2D eigenvalue weighted by atomic mass is 10.2. The third-order valence-electron chi connectivity index (χ3n) is 2.31. The fourth-order valence-corrected chi connectivity index (χ4v) is 2.00. The Kier molecular flexibility index (Phi) is 7.83. The van der Waals surface area contributed by atoms with E-state index in [1.54, 1.807) is 0 Å². The van der Waals surface area contributed by atoms with Gasteiger partial charge in [-0.05, 0) is 25.0 Å². The molecule has 8 heteroatoms. The van der Waals surface area contributed by atoms with Gasteiger partial charge in [0.1, 0.15) is 0 Å². The molecule has 0 radical (unpaired) electrons. The number of carbonyl (C=O) groups excluding carboxylic acids is 1. The van der Waals surface area contributed by atoms with Gasteiger partial charge in [0.2, 0.25) is 0 Å². The predicted molar refractivity (Wildman–Crippen MR) is 68.0 cm³/mol. The van der Waals surface area contributed by atoms with Crippen LogP contribution < -0.4 is 0 Å². The summed E-state index contributed by atoms with van der Waals surface area (Å²) in [5, 5.41) is -0.576. The highest BCUT2D eigenvalue weighted by Crippen LogP contribution is 2.39. The van der Waals surface area contributed by atoms with Gasteiger partial charge in [0, 0.05) is 6.42 Å². The Bertz CT molecular complexity index is 305. The fourth-order valence-electron chi connectivity index (χ4n) is 1.13. The summed E-state index contributed by atoms with van der Waals surface area (Å²) in [5.41, 5.74) is 0. The monoisotopic (exact) mass is 322 g/mol. The topological polar surface area (TPSA) is 26.3 Å². The molecule has 1 unspecified atom stereocenters. The zero-order valence-electron chi connectivity index (χ0n) is 11.6. The summed E-state index contributed by atoms with van der Waals surface area (Å²) in [6, 6.07) is 0. The van der Waals surface area contributed by atoms with Crippen LogP contribution in [0.1, 0.15) is 33.6 Å². The van der Waals surface area contributed by atoms with Gasteiger partial charge in [-0.1, -0.05) is 13.8 Å². The van der Waals surface area contributed by atoms with E-state index in [-0.39, 0.29) is 24.7 Å². The Labute approximate surface area is 119 Å². The van der Waals surface area contributed by atoms with Gasteiger partial charge in [-0.3, -0.25) is 4.79 Å². The molecule has 0 spiro atoms. The van der Waals surface area contributed by atoms with Crippen molar-refractivity contribution in [2.45, 2.75) is 51.0 Å².